The monoisotopic (exact) mass is 581 g/mol. The van der Waals surface area contributed by atoms with Crippen LogP contribution in [0.15, 0.2) is 60.7 Å². The van der Waals surface area contributed by atoms with E-state index in [1.807, 2.05) is 4.90 Å². The lowest BCUT2D eigenvalue weighted by molar-refractivity contribution is -0.0348. The van der Waals surface area contributed by atoms with Gasteiger partial charge < -0.3 is 9.80 Å². The van der Waals surface area contributed by atoms with E-state index in [4.69, 9.17) is 34.8 Å². The number of piperidine rings is 1. The summed E-state index contributed by atoms with van der Waals surface area (Å²) in [5, 5.41) is 0.685. The van der Waals surface area contributed by atoms with Gasteiger partial charge in [0.2, 0.25) is 0 Å². The molecule has 6 rings (SSSR count). The molecule has 3 aliphatic heterocycles. The molecule has 0 aliphatic carbocycles. The van der Waals surface area contributed by atoms with Crippen molar-refractivity contribution in [3.63, 3.8) is 0 Å². The van der Waals surface area contributed by atoms with Gasteiger partial charge in [-0.05, 0) is 67.8 Å². The number of hydrogen-bond donors (Lipinski definition) is 0. The predicted octanol–water partition coefficient (Wildman–Crippen LogP) is 5.97. The van der Waals surface area contributed by atoms with Gasteiger partial charge in [-0.2, -0.15) is 0 Å². The smallest absolute Gasteiger partial charge is 0.266 e. The van der Waals surface area contributed by atoms with Crippen molar-refractivity contribution in [3.8, 4) is 0 Å². The third-order valence-electron chi connectivity index (χ3n) is 8.00. The first-order valence-electron chi connectivity index (χ1n) is 12.5. The van der Waals surface area contributed by atoms with Crippen LogP contribution in [-0.4, -0.2) is 58.6 Å². The summed E-state index contributed by atoms with van der Waals surface area (Å²) in [6.07, 6.45) is 2.18. The molecule has 0 bridgehead atoms. The lowest BCUT2D eigenvalue weighted by Gasteiger charge is -2.56. The summed E-state index contributed by atoms with van der Waals surface area (Å²) in [4.78, 5) is 56.8. The van der Waals surface area contributed by atoms with Gasteiger partial charge in [0.25, 0.3) is 23.6 Å². The van der Waals surface area contributed by atoms with Crippen LogP contribution in [0, 0.1) is 0 Å². The first-order valence-corrected chi connectivity index (χ1v) is 13.7. The van der Waals surface area contributed by atoms with Gasteiger partial charge in [0.1, 0.15) is 0 Å². The molecular formula is C29H22Cl3N3O4. The number of nitrogens with zero attached hydrogens (tertiary/aromatic N) is 3. The molecule has 3 aliphatic rings. The van der Waals surface area contributed by atoms with Gasteiger partial charge in [-0.25, -0.2) is 4.90 Å². The Bertz CT molecular complexity index is 1490. The zero-order chi connectivity index (χ0) is 27.5. The Hall–Kier alpha value is -3.39. The topological polar surface area (TPSA) is 78.0 Å². The van der Waals surface area contributed by atoms with Crippen LogP contribution < -0.4 is 4.90 Å². The molecule has 3 aromatic rings. The second-order valence-electron chi connectivity index (χ2n) is 10.0. The van der Waals surface area contributed by atoms with Gasteiger partial charge in [-0.1, -0.05) is 46.9 Å². The van der Waals surface area contributed by atoms with E-state index in [1.54, 1.807) is 53.4 Å². The van der Waals surface area contributed by atoms with Gasteiger partial charge in [0.15, 0.2) is 0 Å². The Morgan fingerprint density at radius 3 is 1.74 bits per heavy atom. The predicted molar refractivity (Wildman–Crippen MR) is 149 cm³/mol. The minimum absolute atomic E-state index is 0.132. The first kappa shape index (κ1) is 25.9. The summed E-state index contributed by atoms with van der Waals surface area (Å²) in [6, 6.07) is 16.3. The maximum Gasteiger partial charge on any atom is 0.266 e. The van der Waals surface area contributed by atoms with Gasteiger partial charge in [-0.3, -0.25) is 19.2 Å². The minimum Gasteiger partial charge on any atom is -0.338 e. The molecule has 0 N–H and O–H groups in total. The number of amides is 4. The van der Waals surface area contributed by atoms with Gasteiger partial charge in [-0.15, -0.1) is 0 Å². The van der Waals surface area contributed by atoms with E-state index >= 15 is 0 Å². The highest BCUT2D eigenvalue weighted by Crippen LogP contribution is 2.42. The summed E-state index contributed by atoms with van der Waals surface area (Å²) in [7, 11) is 0. The van der Waals surface area contributed by atoms with Crippen LogP contribution in [-0.2, 0) is 0 Å². The fraction of sp³-hybridized carbons (Fsp3) is 0.241. The molecular weight excluding hydrogens is 561 g/mol. The Kier molecular flexibility index (Phi) is 6.41. The molecule has 10 heteroatoms. The van der Waals surface area contributed by atoms with E-state index in [0.29, 0.717) is 60.4 Å². The minimum atomic E-state index is -0.376. The quantitative estimate of drug-likeness (QED) is 0.282. The number of imide groups is 1. The normalized spacial score (nSPS) is 17.9. The van der Waals surface area contributed by atoms with Crippen molar-refractivity contribution in [2.45, 2.75) is 24.8 Å². The molecule has 2 fully saturated rings. The van der Waals surface area contributed by atoms with Gasteiger partial charge in [0.05, 0.1) is 31.9 Å². The van der Waals surface area contributed by atoms with Crippen LogP contribution in [0.3, 0.4) is 0 Å². The van der Waals surface area contributed by atoms with E-state index in [2.05, 4.69) is 0 Å². The molecule has 0 saturated carbocycles. The number of benzene rings is 3. The maximum absolute atomic E-state index is 13.3. The molecule has 3 heterocycles. The van der Waals surface area contributed by atoms with Crippen molar-refractivity contribution in [2.75, 3.05) is 24.5 Å². The molecule has 0 atom stereocenters. The summed E-state index contributed by atoms with van der Waals surface area (Å²) >= 11 is 18.3. The summed E-state index contributed by atoms with van der Waals surface area (Å²) in [5.41, 5.74) is 1.72. The zero-order valence-corrected chi connectivity index (χ0v) is 22.9. The molecule has 0 unspecified atom stereocenters. The van der Waals surface area contributed by atoms with Crippen LogP contribution >= 0.6 is 34.8 Å². The number of carbonyl (C=O) groups is 4. The third kappa shape index (κ3) is 4.20. The SMILES string of the molecule is O=C(c1ccc(N2C(=O)c3ccccc3C2=O)cc1)N1CCC2(CC1)CCN2C(=O)c1cc(Cl)c(Cl)c(Cl)c1. The van der Waals surface area contributed by atoms with Gasteiger partial charge in [0, 0.05) is 36.3 Å². The molecule has 0 aromatic heterocycles. The number of likely N-dealkylation sites (tertiary alicyclic amines) is 2. The van der Waals surface area contributed by atoms with E-state index in [1.165, 1.54) is 12.1 Å². The molecule has 198 valence electrons. The Morgan fingerprint density at radius 2 is 1.23 bits per heavy atom. The highest BCUT2D eigenvalue weighted by Gasteiger charge is 2.49. The molecule has 7 nitrogen and oxygen atoms in total. The Morgan fingerprint density at radius 1 is 0.692 bits per heavy atom. The fourth-order valence-electron chi connectivity index (χ4n) is 5.70. The molecule has 0 radical (unpaired) electrons. The number of carbonyl (C=O) groups excluding carboxylic acids is 4. The van der Waals surface area contributed by atoms with Gasteiger partial charge >= 0.3 is 0 Å². The molecule has 4 amide bonds. The fourth-order valence-corrected chi connectivity index (χ4v) is 6.29. The standard InChI is InChI=1S/C29H22Cl3N3O4/c30-22-15-18(16-23(31)24(22)32)26(37)34-14-11-29(34)9-12-33(13-10-29)25(36)17-5-7-19(8-6-17)35-27(38)20-3-1-2-4-21(20)28(35)39/h1-8,15-16H,9-14H2. The van der Waals surface area contributed by atoms with Crippen LogP contribution in [0.1, 0.15) is 60.7 Å². The van der Waals surface area contributed by atoms with Crippen LogP contribution in [0.5, 0.6) is 0 Å². The van der Waals surface area contributed by atoms with E-state index in [0.717, 1.165) is 11.3 Å². The largest absolute Gasteiger partial charge is 0.338 e. The van der Waals surface area contributed by atoms with E-state index in [-0.39, 0.29) is 44.2 Å². The number of halogens is 3. The van der Waals surface area contributed by atoms with Crippen molar-refractivity contribution in [1.29, 1.82) is 0 Å². The maximum atomic E-state index is 13.3. The number of fused-ring (bicyclic) bond motifs is 1. The number of hydrogen-bond acceptors (Lipinski definition) is 4. The average Bonchev–Trinajstić information content (AvgIpc) is 3.20. The lowest BCUT2D eigenvalue weighted by atomic mass is 9.76. The first-order chi connectivity index (χ1) is 18.7. The second kappa shape index (κ2) is 9.66. The van der Waals surface area contributed by atoms with Crippen LogP contribution in [0.2, 0.25) is 15.1 Å². The van der Waals surface area contributed by atoms with E-state index < -0.39 is 0 Å². The van der Waals surface area contributed by atoms with Crippen molar-refractivity contribution >= 4 is 64.1 Å². The summed E-state index contributed by atoms with van der Waals surface area (Å²) < 4.78 is 0. The lowest BCUT2D eigenvalue weighted by Crippen LogP contribution is -2.66. The molecule has 39 heavy (non-hydrogen) atoms. The highest BCUT2D eigenvalue weighted by molar-refractivity contribution is 6.48. The zero-order valence-electron chi connectivity index (χ0n) is 20.6. The average molecular weight is 583 g/mol. The second-order valence-corrected chi connectivity index (χ2v) is 11.2. The Balaban J connectivity index is 1.12. The highest BCUT2D eigenvalue weighted by atomic mass is 35.5. The van der Waals surface area contributed by atoms with E-state index in [9.17, 15) is 19.2 Å². The summed E-state index contributed by atoms with van der Waals surface area (Å²) in [6.45, 7) is 1.64. The number of rotatable bonds is 3. The number of anilines is 1. The van der Waals surface area contributed by atoms with Crippen LogP contribution in [0.4, 0.5) is 5.69 Å². The van der Waals surface area contributed by atoms with Crippen molar-refractivity contribution in [2.24, 2.45) is 0 Å². The van der Waals surface area contributed by atoms with Crippen molar-refractivity contribution in [3.05, 3.63) is 98.0 Å². The Labute approximate surface area is 239 Å². The molecule has 1 spiro atoms. The molecule has 3 aromatic carbocycles. The third-order valence-corrected chi connectivity index (χ3v) is 9.19. The van der Waals surface area contributed by atoms with Crippen molar-refractivity contribution in [1.82, 2.24) is 9.80 Å². The molecule has 2 saturated heterocycles. The van der Waals surface area contributed by atoms with Crippen LogP contribution in [0.25, 0.3) is 0 Å². The summed E-state index contributed by atoms with van der Waals surface area (Å²) in [5.74, 6) is -1.03. The van der Waals surface area contributed by atoms with Crippen molar-refractivity contribution < 1.29 is 19.2 Å².